The van der Waals surface area contributed by atoms with Crippen molar-refractivity contribution in [2.75, 3.05) is 4.90 Å². The van der Waals surface area contributed by atoms with Crippen LogP contribution in [0.4, 0.5) is 17.1 Å². The molecule has 0 saturated heterocycles. The van der Waals surface area contributed by atoms with E-state index in [0.717, 1.165) is 36.3 Å². The third-order valence-electron chi connectivity index (χ3n) is 15.6. The highest BCUT2D eigenvalue weighted by molar-refractivity contribution is 6.09. The molecule has 0 amide bonds. The van der Waals surface area contributed by atoms with E-state index in [1.165, 1.54) is 93.8 Å². The van der Waals surface area contributed by atoms with Gasteiger partial charge < -0.3 is 14.0 Å². The van der Waals surface area contributed by atoms with Gasteiger partial charge in [0, 0.05) is 61.4 Å². The van der Waals surface area contributed by atoms with Gasteiger partial charge in [-0.1, -0.05) is 232 Å². The van der Waals surface area contributed by atoms with Crippen molar-refractivity contribution in [1.82, 2.24) is 9.13 Å². The van der Waals surface area contributed by atoms with Crippen molar-refractivity contribution in [3.05, 3.63) is 265 Å². The summed E-state index contributed by atoms with van der Waals surface area (Å²) < 4.78 is 5.00. The summed E-state index contributed by atoms with van der Waals surface area (Å²) >= 11 is 0. The Bertz CT molecular complexity index is 3690. The molecule has 12 aromatic rings. The number of fused-ring (bicyclic) bond motifs is 6. The Morgan fingerprint density at radius 1 is 0.342 bits per heavy atom. The molecular formula is C76H85N3. The number of anilines is 3. The molecule has 79 heavy (non-hydrogen) atoms. The average molecular weight is 1040 g/mol. The zero-order valence-electron chi connectivity index (χ0n) is 42.3. The summed E-state index contributed by atoms with van der Waals surface area (Å²) in [5, 5.41) is 5.21. The minimum atomic E-state index is 0. The summed E-state index contributed by atoms with van der Waals surface area (Å²) in [7, 11) is 0. The van der Waals surface area contributed by atoms with Gasteiger partial charge in [-0.25, -0.2) is 0 Å². The van der Waals surface area contributed by atoms with Crippen LogP contribution >= 0.6 is 0 Å². The topological polar surface area (TPSA) is 13.1 Å². The Balaban J connectivity index is 0.00000168. The van der Waals surface area contributed by atoms with Crippen LogP contribution in [0.25, 0.3) is 71.6 Å². The summed E-state index contributed by atoms with van der Waals surface area (Å²) in [6, 6.07) is 90.4. The van der Waals surface area contributed by atoms with Gasteiger partial charge in [0.2, 0.25) is 0 Å². The fraction of sp³-hybridized carbons (Fsp3) is 0.211. The Kier molecular flexibility index (Phi) is 19.6. The molecule has 0 radical (unpaired) electrons. The van der Waals surface area contributed by atoms with Gasteiger partial charge >= 0.3 is 0 Å². The number of hydrogen-bond acceptors (Lipinski definition) is 1. The maximum Gasteiger partial charge on any atom is 0.0541 e. The minimum Gasteiger partial charge on any atom is -0.338 e. The SMILES string of the molecule is C.C.C.C.C.C.CCC(CC(CC(C)n1c2ccccc2c2ccccc21)c1ccc(-c2ccc(-n3c4ccccc4c4ccccc43)cc2)cc1)c1ccc(-c2ccc(N(c3ccc(C)cc3)c3ccc(C)cc3)cc2)cc1. The zero-order chi connectivity index (χ0) is 49.4. The first-order chi connectivity index (χ1) is 35.9. The number of para-hydroxylation sites is 4. The summed E-state index contributed by atoms with van der Waals surface area (Å²) in [5.41, 5.74) is 19.9. The molecule has 2 aromatic heterocycles. The minimum absolute atomic E-state index is 0. The fourth-order valence-electron chi connectivity index (χ4n) is 11.7. The van der Waals surface area contributed by atoms with Crippen molar-refractivity contribution in [1.29, 1.82) is 0 Å². The van der Waals surface area contributed by atoms with E-state index in [0.29, 0.717) is 11.8 Å². The predicted molar refractivity (Wildman–Crippen MR) is 352 cm³/mol. The number of aryl methyl sites for hydroxylation is 2. The van der Waals surface area contributed by atoms with E-state index >= 15 is 0 Å². The van der Waals surface area contributed by atoms with Gasteiger partial charge in [0.25, 0.3) is 0 Å². The van der Waals surface area contributed by atoms with Crippen LogP contribution in [-0.4, -0.2) is 9.13 Å². The maximum absolute atomic E-state index is 2.60. The Morgan fingerprint density at radius 2 is 0.658 bits per heavy atom. The fourth-order valence-corrected chi connectivity index (χ4v) is 11.7. The van der Waals surface area contributed by atoms with Crippen LogP contribution in [0, 0.1) is 13.8 Å². The summed E-state index contributed by atoms with van der Waals surface area (Å²) in [6.45, 7) is 9.08. The third-order valence-corrected chi connectivity index (χ3v) is 15.6. The first kappa shape index (κ1) is 59.8. The Morgan fingerprint density at radius 3 is 1.05 bits per heavy atom. The highest BCUT2D eigenvalue weighted by atomic mass is 15.1. The van der Waals surface area contributed by atoms with Gasteiger partial charge in [0.15, 0.2) is 0 Å². The van der Waals surface area contributed by atoms with Crippen LogP contribution in [-0.2, 0) is 0 Å². The smallest absolute Gasteiger partial charge is 0.0541 e. The summed E-state index contributed by atoms with van der Waals surface area (Å²) in [4.78, 5) is 2.34. The van der Waals surface area contributed by atoms with E-state index in [-0.39, 0.29) is 50.6 Å². The maximum atomic E-state index is 2.60. The highest BCUT2D eigenvalue weighted by Gasteiger charge is 2.24. The van der Waals surface area contributed by atoms with Gasteiger partial charge in [0.05, 0.1) is 11.0 Å². The average Bonchev–Trinajstić information content (AvgIpc) is 4.07. The molecule has 3 nitrogen and oxygen atoms in total. The first-order valence-corrected chi connectivity index (χ1v) is 26.2. The molecule has 3 unspecified atom stereocenters. The molecule has 0 fully saturated rings. The first-order valence-electron chi connectivity index (χ1n) is 26.2. The standard InChI is InChI=1S/C70H61N3.6CH4/c1-5-51(52-26-28-53(29-27-52)55-34-42-61(43-35-55)72(59-38-22-48(2)23-39-59)60-40-24-49(3)25-41-60)47-58(46-50(4)71-67-18-10-6-14-63(67)64-15-7-11-19-68(64)71)57-32-30-54(31-33-57)56-36-44-62(45-37-56)73-69-20-12-8-16-65(69)66-17-9-13-21-70(66)73;;;;;;/h6-45,50-51,58H,5,46-47H2,1-4H3;6*1H4. The molecule has 0 bridgehead atoms. The monoisotopic (exact) mass is 1040 g/mol. The van der Waals surface area contributed by atoms with Crippen LogP contribution in [0.3, 0.4) is 0 Å². The van der Waals surface area contributed by atoms with Crippen LogP contribution in [0.2, 0.25) is 0 Å². The summed E-state index contributed by atoms with van der Waals surface area (Å²) in [6.07, 6.45) is 3.16. The molecule has 3 heteroatoms. The van der Waals surface area contributed by atoms with E-state index in [4.69, 9.17) is 0 Å². The van der Waals surface area contributed by atoms with Crippen molar-refractivity contribution < 1.29 is 0 Å². The summed E-state index contributed by atoms with van der Waals surface area (Å²) in [5.74, 6) is 0.737. The third kappa shape index (κ3) is 11.6. The highest BCUT2D eigenvalue weighted by Crippen LogP contribution is 2.42. The van der Waals surface area contributed by atoms with Crippen molar-refractivity contribution in [3.63, 3.8) is 0 Å². The molecule has 0 spiro atoms. The lowest BCUT2D eigenvalue weighted by Crippen LogP contribution is -2.13. The molecule has 2 heterocycles. The number of aromatic nitrogens is 2. The largest absolute Gasteiger partial charge is 0.338 e. The number of nitrogens with zero attached hydrogens (tertiary/aromatic N) is 3. The van der Waals surface area contributed by atoms with E-state index in [9.17, 15) is 0 Å². The van der Waals surface area contributed by atoms with E-state index in [1.807, 2.05) is 0 Å². The molecule has 0 aliphatic heterocycles. The van der Waals surface area contributed by atoms with Crippen LogP contribution in [0.5, 0.6) is 0 Å². The van der Waals surface area contributed by atoms with E-state index < -0.39 is 0 Å². The van der Waals surface area contributed by atoms with Crippen LogP contribution in [0.15, 0.2) is 243 Å². The van der Waals surface area contributed by atoms with Crippen LogP contribution < -0.4 is 4.90 Å². The van der Waals surface area contributed by atoms with Gasteiger partial charge in [-0.15, -0.1) is 0 Å². The van der Waals surface area contributed by atoms with Gasteiger partial charge in [-0.3, -0.25) is 0 Å². The van der Waals surface area contributed by atoms with Gasteiger partial charge in [0.1, 0.15) is 0 Å². The molecule has 0 saturated carbocycles. The second-order valence-corrected chi connectivity index (χ2v) is 20.2. The van der Waals surface area contributed by atoms with Crippen LogP contribution in [0.1, 0.15) is 118 Å². The predicted octanol–water partition coefficient (Wildman–Crippen LogP) is 23.4. The van der Waals surface area contributed by atoms with Crippen molar-refractivity contribution in [3.8, 4) is 27.9 Å². The number of benzene rings is 10. The second-order valence-electron chi connectivity index (χ2n) is 20.2. The lowest BCUT2D eigenvalue weighted by atomic mass is 9.80. The molecule has 0 aliphatic carbocycles. The van der Waals surface area contributed by atoms with Gasteiger partial charge in [-0.2, -0.15) is 0 Å². The van der Waals surface area contributed by atoms with Crippen molar-refractivity contribution in [2.24, 2.45) is 0 Å². The molecule has 0 aliphatic rings. The van der Waals surface area contributed by atoms with Crippen molar-refractivity contribution in [2.45, 2.75) is 109 Å². The molecule has 10 aromatic carbocycles. The quantitative estimate of drug-likeness (QED) is 0.106. The molecule has 3 atom stereocenters. The number of rotatable bonds is 14. The number of hydrogen-bond donors (Lipinski definition) is 0. The van der Waals surface area contributed by atoms with Gasteiger partial charge in [-0.05, 0) is 158 Å². The Labute approximate surface area is 474 Å². The van der Waals surface area contributed by atoms with E-state index in [2.05, 4.69) is 284 Å². The zero-order valence-corrected chi connectivity index (χ0v) is 42.3. The molecule has 12 rings (SSSR count). The molecule has 404 valence electrons. The van der Waals surface area contributed by atoms with E-state index in [1.54, 1.807) is 0 Å². The lowest BCUT2D eigenvalue weighted by Gasteiger charge is -2.28. The van der Waals surface area contributed by atoms with Crippen molar-refractivity contribution >= 4 is 60.7 Å². The normalized spacial score (nSPS) is 11.9. The molecular weight excluding hydrogens is 955 g/mol. The lowest BCUT2D eigenvalue weighted by molar-refractivity contribution is 0.422. The molecule has 0 N–H and O–H groups in total. The Hall–Kier alpha value is -8.40. The second kappa shape index (κ2) is 25.8.